The van der Waals surface area contributed by atoms with Gasteiger partial charge in [0.25, 0.3) is 0 Å². The van der Waals surface area contributed by atoms with Crippen LogP contribution in [0, 0.1) is 0 Å². The highest BCUT2D eigenvalue weighted by atomic mass is 15.8. The highest BCUT2D eigenvalue weighted by Crippen LogP contribution is 2.45. The molecule has 9 rings (SSSR count). The fourth-order valence-electron chi connectivity index (χ4n) is 8.13. The summed E-state index contributed by atoms with van der Waals surface area (Å²) in [6.07, 6.45) is 8.95. The van der Waals surface area contributed by atoms with Crippen LogP contribution in [0.3, 0.4) is 0 Å². The predicted molar refractivity (Wildman–Crippen MR) is 224 cm³/mol. The first-order valence-electron chi connectivity index (χ1n) is 19.0. The third-order valence-electron chi connectivity index (χ3n) is 10.9. The molecule has 1 aliphatic heterocycles. The minimum atomic E-state index is -0.461. The van der Waals surface area contributed by atoms with Crippen LogP contribution >= 0.6 is 0 Å². The minimum absolute atomic E-state index is 0.0447. The zero-order valence-electron chi connectivity index (χ0n) is 30.2. The minimum Gasteiger partial charge on any atom is -0.365 e. The molecule has 0 radical (unpaired) electrons. The van der Waals surface area contributed by atoms with E-state index in [1.54, 1.807) is 0 Å². The van der Waals surface area contributed by atoms with Gasteiger partial charge in [-0.15, -0.1) is 0 Å². The second kappa shape index (κ2) is 15.0. The number of hydrazine groups is 1. The lowest BCUT2D eigenvalue weighted by molar-refractivity contribution is 0.394. The van der Waals surface area contributed by atoms with E-state index in [2.05, 4.69) is 228 Å². The van der Waals surface area contributed by atoms with Crippen molar-refractivity contribution in [2.24, 2.45) is 0 Å². The Morgan fingerprint density at radius 3 is 1.52 bits per heavy atom. The molecule has 0 saturated carbocycles. The van der Waals surface area contributed by atoms with Crippen LogP contribution in [-0.2, 0) is 5.41 Å². The quantitative estimate of drug-likeness (QED) is 0.104. The molecule has 3 atom stereocenters. The molecule has 7 aromatic carbocycles. The molecule has 1 heterocycles. The van der Waals surface area contributed by atoms with E-state index in [9.17, 15) is 0 Å². The van der Waals surface area contributed by atoms with Gasteiger partial charge in [0, 0.05) is 5.69 Å². The summed E-state index contributed by atoms with van der Waals surface area (Å²) in [5, 5.41) is 6.16. The van der Waals surface area contributed by atoms with Crippen LogP contribution in [0.5, 0.6) is 0 Å². The fourth-order valence-corrected chi connectivity index (χ4v) is 8.13. The summed E-state index contributed by atoms with van der Waals surface area (Å²) >= 11 is 0. The Morgan fingerprint density at radius 1 is 0.519 bits per heavy atom. The van der Waals surface area contributed by atoms with E-state index in [0.717, 1.165) is 18.5 Å². The topological polar surface area (TPSA) is 37.0 Å². The summed E-state index contributed by atoms with van der Waals surface area (Å²) in [4.78, 5) is 0. The molecule has 3 heteroatoms. The molecule has 2 N–H and O–H groups in total. The van der Waals surface area contributed by atoms with Crippen LogP contribution in [0.4, 0.5) is 5.69 Å². The van der Waals surface area contributed by atoms with Gasteiger partial charge in [-0.1, -0.05) is 200 Å². The van der Waals surface area contributed by atoms with E-state index in [0.29, 0.717) is 0 Å². The Bertz CT molecular complexity index is 2250. The van der Waals surface area contributed by atoms with E-state index in [1.807, 2.05) is 0 Å². The highest BCUT2D eigenvalue weighted by Gasteiger charge is 2.41. The number of nitrogens with zero attached hydrogens (tertiary/aromatic N) is 1. The second-order valence-corrected chi connectivity index (χ2v) is 14.2. The molecule has 1 fully saturated rings. The Hall–Kier alpha value is -6.26. The van der Waals surface area contributed by atoms with E-state index in [4.69, 9.17) is 0 Å². The van der Waals surface area contributed by atoms with Gasteiger partial charge in [-0.2, -0.15) is 5.01 Å². The molecule has 0 bridgehead atoms. The van der Waals surface area contributed by atoms with E-state index < -0.39 is 5.41 Å². The third-order valence-corrected chi connectivity index (χ3v) is 10.9. The average molecular weight is 698 g/mol. The monoisotopic (exact) mass is 697 g/mol. The SMILES string of the molecule is C1=CCCC(c2ccc(C(Nc3ccc(-c4ccc(C(c5ccccc5)(c5ccccc5)c5ccccc5)cc4)cc3)N3NC3c3ccccc3)cc2)=C1. The molecule has 1 saturated heterocycles. The van der Waals surface area contributed by atoms with Crippen molar-refractivity contribution in [1.82, 2.24) is 10.4 Å². The van der Waals surface area contributed by atoms with E-state index in [1.165, 1.54) is 55.6 Å². The lowest BCUT2D eigenvalue weighted by Gasteiger charge is -2.37. The summed E-state index contributed by atoms with van der Waals surface area (Å²) < 4.78 is 0. The van der Waals surface area contributed by atoms with Gasteiger partial charge in [0.15, 0.2) is 0 Å². The Balaban J connectivity index is 1.01. The van der Waals surface area contributed by atoms with Crippen LogP contribution in [-0.4, -0.2) is 5.01 Å². The molecule has 3 unspecified atom stereocenters. The molecule has 54 heavy (non-hydrogen) atoms. The molecule has 0 aromatic heterocycles. The van der Waals surface area contributed by atoms with Crippen molar-refractivity contribution < 1.29 is 0 Å². The zero-order chi connectivity index (χ0) is 36.2. The number of hydrogen-bond acceptors (Lipinski definition) is 3. The Labute approximate surface area is 318 Å². The predicted octanol–water partition coefficient (Wildman–Crippen LogP) is 12.1. The van der Waals surface area contributed by atoms with Gasteiger partial charge in [-0.05, 0) is 80.6 Å². The maximum atomic E-state index is 3.86. The van der Waals surface area contributed by atoms with Gasteiger partial charge in [0.2, 0.25) is 0 Å². The number of hydrogen-bond donors (Lipinski definition) is 2. The lowest BCUT2D eigenvalue weighted by Crippen LogP contribution is -2.30. The first kappa shape index (κ1) is 33.6. The smallest absolute Gasteiger partial charge is 0.121 e. The number of anilines is 1. The Kier molecular flexibility index (Phi) is 9.32. The molecule has 262 valence electrons. The van der Waals surface area contributed by atoms with Crippen molar-refractivity contribution in [3.8, 4) is 11.1 Å². The normalized spacial score (nSPS) is 17.0. The number of benzene rings is 7. The first-order valence-corrected chi connectivity index (χ1v) is 19.0. The van der Waals surface area contributed by atoms with Crippen molar-refractivity contribution in [2.75, 3.05) is 5.32 Å². The van der Waals surface area contributed by atoms with Crippen LogP contribution < -0.4 is 10.7 Å². The molecule has 3 nitrogen and oxygen atoms in total. The zero-order valence-corrected chi connectivity index (χ0v) is 30.2. The molecule has 7 aromatic rings. The fraction of sp³-hybridized carbons (Fsp3) is 0.0980. The first-order chi connectivity index (χ1) is 26.8. The van der Waals surface area contributed by atoms with E-state index >= 15 is 0 Å². The third kappa shape index (κ3) is 6.60. The van der Waals surface area contributed by atoms with Crippen LogP contribution in [0.15, 0.2) is 212 Å². The summed E-state index contributed by atoms with van der Waals surface area (Å²) in [7, 11) is 0. The van der Waals surface area contributed by atoms with Crippen molar-refractivity contribution in [1.29, 1.82) is 0 Å². The number of allylic oxidation sites excluding steroid dienone is 4. The van der Waals surface area contributed by atoms with Crippen molar-refractivity contribution in [3.63, 3.8) is 0 Å². The molecule has 0 spiro atoms. The van der Waals surface area contributed by atoms with Gasteiger partial charge in [0.05, 0.1) is 5.41 Å². The van der Waals surface area contributed by atoms with Gasteiger partial charge < -0.3 is 5.32 Å². The maximum absolute atomic E-state index is 3.86. The van der Waals surface area contributed by atoms with Crippen LogP contribution in [0.1, 0.15) is 64.1 Å². The lowest BCUT2D eigenvalue weighted by atomic mass is 9.65. The number of nitrogens with one attached hydrogen (secondary N) is 2. The average Bonchev–Trinajstić information content (AvgIpc) is 4.07. The van der Waals surface area contributed by atoms with Crippen molar-refractivity contribution in [2.45, 2.75) is 30.6 Å². The van der Waals surface area contributed by atoms with Gasteiger partial charge in [-0.25, -0.2) is 5.43 Å². The van der Waals surface area contributed by atoms with Crippen molar-refractivity contribution >= 4 is 11.3 Å². The highest BCUT2D eigenvalue weighted by molar-refractivity contribution is 5.70. The molecular formula is C51H43N3. The van der Waals surface area contributed by atoms with Crippen LogP contribution in [0.2, 0.25) is 0 Å². The molecular weight excluding hydrogens is 655 g/mol. The summed E-state index contributed by atoms with van der Waals surface area (Å²) in [6, 6.07) is 70.4. The van der Waals surface area contributed by atoms with Crippen LogP contribution in [0.25, 0.3) is 16.7 Å². The standard InChI is InChI=1S/C51H43N3/c1-6-16-38(17-7-1)39-26-28-43(29-27-39)49(54-50(53-54)42-18-8-2-9-19-42)52-48-36-32-41(33-37-48)40-30-34-47(35-31-40)51(44-20-10-3-11-21-44,45-22-12-4-13-23-45)46-24-14-5-15-25-46/h1-6,8-16,18-37,49-50,52-53H,7,17H2. The summed E-state index contributed by atoms with van der Waals surface area (Å²) in [5.41, 5.74) is 16.7. The maximum Gasteiger partial charge on any atom is 0.121 e. The number of rotatable bonds is 11. The van der Waals surface area contributed by atoms with Gasteiger partial charge >= 0.3 is 0 Å². The molecule has 2 aliphatic rings. The largest absolute Gasteiger partial charge is 0.365 e. The Morgan fingerprint density at radius 2 is 1.00 bits per heavy atom. The van der Waals surface area contributed by atoms with Gasteiger partial charge in [-0.3, -0.25) is 0 Å². The molecule has 1 aliphatic carbocycles. The summed E-state index contributed by atoms with van der Waals surface area (Å²) in [6.45, 7) is 0. The second-order valence-electron chi connectivity index (χ2n) is 14.2. The van der Waals surface area contributed by atoms with Crippen molar-refractivity contribution in [3.05, 3.63) is 251 Å². The molecule has 0 amide bonds. The summed E-state index contributed by atoms with van der Waals surface area (Å²) in [5.74, 6) is 0. The van der Waals surface area contributed by atoms with Gasteiger partial charge in [0.1, 0.15) is 12.3 Å². The van der Waals surface area contributed by atoms with E-state index in [-0.39, 0.29) is 12.3 Å².